The minimum absolute atomic E-state index is 0.0267. The van der Waals surface area contributed by atoms with Gasteiger partial charge in [-0.05, 0) is 28.7 Å². The largest absolute Gasteiger partial charge is 0.481 e. The van der Waals surface area contributed by atoms with E-state index >= 15 is 0 Å². The summed E-state index contributed by atoms with van der Waals surface area (Å²) < 4.78 is 1.97. The Morgan fingerprint density at radius 2 is 1.86 bits per heavy atom. The summed E-state index contributed by atoms with van der Waals surface area (Å²) in [5.74, 6) is -0.661. The normalized spacial score (nSPS) is 12.6. The molecule has 1 aromatic carbocycles. The summed E-state index contributed by atoms with van der Waals surface area (Å²) in [4.78, 5) is 10.9. The van der Waals surface area contributed by atoms with Gasteiger partial charge in [-0.2, -0.15) is 0 Å². The molecule has 2 N–H and O–H groups in total. The summed E-state index contributed by atoms with van der Waals surface area (Å²) in [7, 11) is 0. The van der Waals surface area contributed by atoms with Gasteiger partial charge in [-0.1, -0.05) is 38.1 Å². The number of aliphatic carboxylic acids is 1. The van der Waals surface area contributed by atoms with Crippen LogP contribution in [-0.2, 0) is 17.8 Å². The fraction of sp³-hybridized carbons (Fsp3) is 0.353. The Kier molecular flexibility index (Phi) is 4.81. The van der Waals surface area contributed by atoms with Crippen molar-refractivity contribution in [3.63, 3.8) is 0 Å². The summed E-state index contributed by atoms with van der Waals surface area (Å²) in [6, 6.07) is 9.46. The van der Waals surface area contributed by atoms with Crippen molar-refractivity contribution in [3.8, 4) is 0 Å². The van der Waals surface area contributed by atoms with Crippen LogP contribution < -0.4 is 0 Å². The Morgan fingerprint density at radius 3 is 2.48 bits per heavy atom. The number of rotatable bonds is 6. The van der Waals surface area contributed by atoms with Gasteiger partial charge in [0.2, 0.25) is 0 Å². The van der Waals surface area contributed by atoms with Gasteiger partial charge < -0.3 is 14.8 Å². The molecule has 4 heteroatoms. The number of carboxylic acid groups (broad SMARTS) is 1. The molecule has 1 atom stereocenters. The van der Waals surface area contributed by atoms with Crippen LogP contribution in [0.2, 0.25) is 0 Å². The van der Waals surface area contributed by atoms with Gasteiger partial charge in [0.15, 0.2) is 0 Å². The van der Waals surface area contributed by atoms with E-state index in [1.54, 1.807) is 0 Å². The first-order chi connectivity index (χ1) is 9.97. The molecule has 0 aliphatic carbocycles. The van der Waals surface area contributed by atoms with E-state index in [9.17, 15) is 9.90 Å². The maximum Gasteiger partial charge on any atom is 0.307 e. The Labute approximate surface area is 124 Å². The monoisotopic (exact) mass is 287 g/mol. The second-order valence-electron chi connectivity index (χ2n) is 5.65. The Bertz CT molecular complexity index is 616. The lowest BCUT2D eigenvalue weighted by Gasteiger charge is -2.12. The number of aliphatic hydroxyl groups is 1. The first-order valence-electron chi connectivity index (χ1n) is 7.09. The smallest absolute Gasteiger partial charge is 0.307 e. The van der Waals surface area contributed by atoms with E-state index in [0.29, 0.717) is 6.54 Å². The molecule has 0 bridgehead atoms. The molecule has 0 fully saturated rings. The SMILES string of the molecule is CC(C)C(O)c1ccn(Cc2ccccc2CC(=O)O)c1. The Hall–Kier alpha value is -2.07. The van der Waals surface area contributed by atoms with Crippen molar-refractivity contribution in [1.82, 2.24) is 4.57 Å². The summed E-state index contributed by atoms with van der Waals surface area (Å²) in [5.41, 5.74) is 2.70. The summed E-state index contributed by atoms with van der Waals surface area (Å²) in [5, 5.41) is 19.0. The number of hydrogen-bond acceptors (Lipinski definition) is 2. The third kappa shape index (κ3) is 3.95. The van der Waals surface area contributed by atoms with E-state index in [4.69, 9.17) is 5.11 Å². The fourth-order valence-electron chi connectivity index (χ4n) is 2.36. The fourth-order valence-corrected chi connectivity index (χ4v) is 2.36. The van der Waals surface area contributed by atoms with E-state index < -0.39 is 12.1 Å². The third-order valence-corrected chi connectivity index (χ3v) is 3.56. The van der Waals surface area contributed by atoms with Crippen LogP contribution in [0.4, 0.5) is 0 Å². The zero-order chi connectivity index (χ0) is 15.4. The number of aromatic nitrogens is 1. The van der Waals surface area contributed by atoms with E-state index in [0.717, 1.165) is 16.7 Å². The van der Waals surface area contributed by atoms with Crippen LogP contribution in [-0.4, -0.2) is 20.7 Å². The zero-order valence-electron chi connectivity index (χ0n) is 12.4. The molecule has 0 aliphatic heterocycles. The molecule has 1 heterocycles. The van der Waals surface area contributed by atoms with Gasteiger partial charge in [0, 0.05) is 18.9 Å². The maximum atomic E-state index is 10.9. The maximum absolute atomic E-state index is 10.9. The van der Waals surface area contributed by atoms with Crippen LogP contribution in [0.15, 0.2) is 42.7 Å². The third-order valence-electron chi connectivity index (χ3n) is 3.56. The molecule has 112 valence electrons. The summed E-state index contributed by atoms with van der Waals surface area (Å²) in [6.07, 6.45) is 3.39. The van der Waals surface area contributed by atoms with Gasteiger partial charge in [-0.3, -0.25) is 4.79 Å². The number of carbonyl (C=O) groups is 1. The van der Waals surface area contributed by atoms with E-state index in [2.05, 4.69) is 0 Å². The second-order valence-corrected chi connectivity index (χ2v) is 5.65. The van der Waals surface area contributed by atoms with Crippen molar-refractivity contribution < 1.29 is 15.0 Å². The van der Waals surface area contributed by atoms with Crippen LogP contribution in [0.3, 0.4) is 0 Å². The highest BCUT2D eigenvalue weighted by atomic mass is 16.4. The minimum Gasteiger partial charge on any atom is -0.481 e. The van der Waals surface area contributed by atoms with Crippen molar-refractivity contribution in [2.75, 3.05) is 0 Å². The van der Waals surface area contributed by atoms with Gasteiger partial charge in [0.25, 0.3) is 0 Å². The lowest BCUT2D eigenvalue weighted by atomic mass is 10.0. The van der Waals surface area contributed by atoms with Gasteiger partial charge in [-0.15, -0.1) is 0 Å². The molecule has 1 aromatic heterocycles. The molecule has 0 spiro atoms. The molecule has 0 radical (unpaired) electrons. The Morgan fingerprint density at radius 1 is 1.19 bits per heavy atom. The second kappa shape index (κ2) is 6.59. The molecular formula is C17H21NO3. The molecular weight excluding hydrogens is 266 g/mol. The summed E-state index contributed by atoms with van der Waals surface area (Å²) in [6.45, 7) is 4.56. The van der Waals surface area contributed by atoms with Gasteiger partial charge in [0.05, 0.1) is 12.5 Å². The quantitative estimate of drug-likeness (QED) is 0.858. The van der Waals surface area contributed by atoms with Gasteiger partial charge >= 0.3 is 5.97 Å². The number of hydrogen-bond donors (Lipinski definition) is 2. The lowest BCUT2D eigenvalue weighted by molar-refractivity contribution is -0.136. The molecule has 2 aromatic rings. The van der Waals surface area contributed by atoms with Crippen molar-refractivity contribution in [2.24, 2.45) is 5.92 Å². The average Bonchev–Trinajstić information content (AvgIpc) is 2.88. The molecule has 1 unspecified atom stereocenters. The number of aliphatic hydroxyl groups excluding tert-OH is 1. The zero-order valence-corrected chi connectivity index (χ0v) is 12.4. The molecule has 21 heavy (non-hydrogen) atoms. The molecule has 0 saturated heterocycles. The standard InChI is InChI=1S/C17H21NO3/c1-12(2)17(21)15-7-8-18(11-15)10-14-6-4-3-5-13(14)9-16(19)20/h3-8,11-12,17,21H,9-10H2,1-2H3,(H,19,20). The van der Waals surface area contributed by atoms with Gasteiger partial charge in [0.1, 0.15) is 0 Å². The van der Waals surface area contributed by atoms with E-state index in [-0.39, 0.29) is 12.3 Å². The van der Waals surface area contributed by atoms with Crippen LogP contribution in [0.5, 0.6) is 0 Å². The molecule has 0 aliphatic rings. The average molecular weight is 287 g/mol. The summed E-state index contributed by atoms with van der Waals surface area (Å²) >= 11 is 0. The van der Waals surface area contributed by atoms with Crippen molar-refractivity contribution in [3.05, 3.63) is 59.4 Å². The Balaban J connectivity index is 2.17. The van der Waals surface area contributed by atoms with E-state index in [1.165, 1.54) is 0 Å². The highest BCUT2D eigenvalue weighted by molar-refractivity contribution is 5.70. The predicted octanol–water partition coefficient (Wildman–Crippen LogP) is 2.85. The molecule has 0 amide bonds. The van der Waals surface area contributed by atoms with Crippen LogP contribution in [0, 0.1) is 5.92 Å². The molecule has 2 rings (SSSR count). The van der Waals surface area contributed by atoms with Crippen molar-refractivity contribution in [2.45, 2.75) is 32.9 Å². The number of nitrogens with zero attached hydrogens (tertiary/aromatic N) is 1. The van der Waals surface area contributed by atoms with Crippen LogP contribution in [0.1, 0.15) is 36.6 Å². The van der Waals surface area contributed by atoms with Crippen molar-refractivity contribution in [1.29, 1.82) is 0 Å². The topological polar surface area (TPSA) is 62.5 Å². The van der Waals surface area contributed by atoms with Crippen molar-refractivity contribution >= 4 is 5.97 Å². The lowest BCUT2D eigenvalue weighted by Crippen LogP contribution is -2.07. The van der Waals surface area contributed by atoms with Crippen LogP contribution in [0.25, 0.3) is 0 Å². The van der Waals surface area contributed by atoms with E-state index in [1.807, 2.05) is 61.1 Å². The predicted molar refractivity (Wildman–Crippen MR) is 81.1 cm³/mol. The number of benzene rings is 1. The highest BCUT2D eigenvalue weighted by Gasteiger charge is 2.13. The first-order valence-corrected chi connectivity index (χ1v) is 7.09. The highest BCUT2D eigenvalue weighted by Crippen LogP contribution is 2.22. The first kappa shape index (κ1) is 15.3. The number of carboxylic acids is 1. The van der Waals surface area contributed by atoms with Gasteiger partial charge in [-0.25, -0.2) is 0 Å². The minimum atomic E-state index is -0.828. The molecule has 0 saturated carbocycles. The molecule has 4 nitrogen and oxygen atoms in total. The van der Waals surface area contributed by atoms with Crippen LogP contribution >= 0.6 is 0 Å².